The molecule has 1 atom stereocenters. The summed E-state index contributed by atoms with van der Waals surface area (Å²) in [6, 6.07) is 16.0. The van der Waals surface area contributed by atoms with Gasteiger partial charge >= 0.3 is 6.01 Å². The molecule has 2 heterocycles. The highest BCUT2D eigenvalue weighted by Gasteiger charge is 2.28. The summed E-state index contributed by atoms with van der Waals surface area (Å²) in [5.74, 6) is 1.20. The van der Waals surface area contributed by atoms with Crippen molar-refractivity contribution in [3.63, 3.8) is 0 Å². The Hall–Kier alpha value is -3.35. The van der Waals surface area contributed by atoms with Crippen LogP contribution in [0.4, 0.5) is 11.7 Å². The normalized spacial score (nSPS) is 16.3. The number of benzene rings is 2. The minimum atomic E-state index is -0.124. The van der Waals surface area contributed by atoms with Gasteiger partial charge in [-0.15, -0.1) is 0 Å². The lowest BCUT2D eigenvalue weighted by Gasteiger charge is -2.30. The molecule has 30 heavy (non-hydrogen) atoms. The summed E-state index contributed by atoms with van der Waals surface area (Å²) in [6.07, 6.45) is 2.72. The lowest BCUT2D eigenvalue weighted by Crippen LogP contribution is -2.41. The number of rotatable bonds is 6. The van der Waals surface area contributed by atoms with Gasteiger partial charge in [0.15, 0.2) is 0 Å². The van der Waals surface area contributed by atoms with Crippen molar-refractivity contribution >= 4 is 17.6 Å². The maximum atomic E-state index is 12.8. The topological polar surface area (TPSA) is 80.5 Å². The van der Waals surface area contributed by atoms with Crippen LogP contribution in [-0.2, 0) is 11.2 Å². The summed E-state index contributed by atoms with van der Waals surface area (Å²) < 4.78 is 10.7. The summed E-state index contributed by atoms with van der Waals surface area (Å²) in [6.45, 7) is 3.46. The van der Waals surface area contributed by atoms with E-state index in [1.165, 1.54) is 5.56 Å². The number of hydrogen-bond acceptors (Lipinski definition) is 6. The number of hydrogen-bond donors (Lipinski definition) is 1. The van der Waals surface area contributed by atoms with Crippen LogP contribution in [0.3, 0.4) is 0 Å². The van der Waals surface area contributed by atoms with E-state index in [0.717, 1.165) is 42.8 Å². The third kappa shape index (κ3) is 4.45. The highest BCUT2D eigenvalue weighted by molar-refractivity contribution is 5.93. The number of anilines is 2. The SMILES string of the molecule is CCc1ccc(NC(=O)[C@@H]2CCCN(c3nc(-c4ccc(OC)cc4)no3)C2)cc1. The van der Waals surface area contributed by atoms with Gasteiger partial charge in [-0.2, -0.15) is 4.98 Å². The van der Waals surface area contributed by atoms with Crippen molar-refractivity contribution < 1.29 is 14.1 Å². The first-order valence-electron chi connectivity index (χ1n) is 10.3. The van der Waals surface area contributed by atoms with Crippen LogP contribution in [0.5, 0.6) is 5.75 Å². The smallest absolute Gasteiger partial charge is 0.324 e. The molecular formula is C23H26N4O3. The quantitative estimate of drug-likeness (QED) is 0.662. The van der Waals surface area contributed by atoms with E-state index in [4.69, 9.17) is 9.26 Å². The number of aromatic nitrogens is 2. The van der Waals surface area contributed by atoms with E-state index in [2.05, 4.69) is 22.4 Å². The molecule has 0 radical (unpaired) electrons. The Labute approximate surface area is 176 Å². The third-order valence-electron chi connectivity index (χ3n) is 5.46. The molecule has 1 fully saturated rings. The van der Waals surface area contributed by atoms with Crippen LogP contribution in [0.25, 0.3) is 11.4 Å². The molecule has 1 aliphatic rings. The Kier molecular flexibility index (Phi) is 5.97. The molecular weight excluding hydrogens is 380 g/mol. The van der Waals surface area contributed by atoms with Crippen LogP contribution >= 0.6 is 0 Å². The molecule has 0 spiro atoms. The number of ether oxygens (including phenoxy) is 1. The average molecular weight is 406 g/mol. The van der Waals surface area contributed by atoms with Crippen LogP contribution in [0.2, 0.25) is 0 Å². The van der Waals surface area contributed by atoms with Crippen molar-refractivity contribution in [1.29, 1.82) is 0 Å². The zero-order valence-electron chi connectivity index (χ0n) is 17.3. The first-order chi connectivity index (χ1) is 14.7. The molecule has 1 saturated heterocycles. The zero-order valence-corrected chi connectivity index (χ0v) is 17.3. The number of nitrogens with one attached hydrogen (secondary N) is 1. The molecule has 0 bridgehead atoms. The molecule has 0 aliphatic carbocycles. The van der Waals surface area contributed by atoms with Gasteiger partial charge in [0.2, 0.25) is 11.7 Å². The Bertz CT molecular complexity index is 982. The molecule has 0 unspecified atom stereocenters. The van der Waals surface area contributed by atoms with Crippen molar-refractivity contribution in [3.05, 3.63) is 54.1 Å². The fourth-order valence-corrected chi connectivity index (χ4v) is 3.63. The van der Waals surface area contributed by atoms with Gasteiger partial charge in [0.05, 0.1) is 13.0 Å². The lowest BCUT2D eigenvalue weighted by molar-refractivity contribution is -0.120. The number of carbonyl (C=O) groups is 1. The van der Waals surface area contributed by atoms with Crippen molar-refractivity contribution in [2.75, 3.05) is 30.4 Å². The molecule has 1 amide bonds. The van der Waals surface area contributed by atoms with Crippen LogP contribution < -0.4 is 15.0 Å². The van der Waals surface area contributed by atoms with E-state index >= 15 is 0 Å². The number of aryl methyl sites for hydroxylation is 1. The molecule has 7 heteroatoms. The standard InChI is InChI=1S/C23H26N4O3/c1-3-16-6-10-19(11-7-16)24-22(28)18-5-4-14-27(15-18)23-25-21(26-30-23)17-8-12-20(29-2)13-9-17/h6-13,18H,3-5,14-15H2,1-2H3,(H,24,28)/t18-/m1/s1. The van der Waals surface area contributed by atoms with E-state index < -0.39 is 0 Å². The largest absolute Gasteiger partial charge is 0.497 e. The van der Waals surface area contributed by atoms with E-state index in [1.807, 2.05) is 53.4 Å². The maximum Gasteiger partial charge on any atom is 0.324 e. The van der Waals surface area contributed by atoms with Gasteiger partial charge < -0.3 is 19.5 Å². The van der Waals surface area contributed by atoms with Crippen LogP contribution in [-0.4, -0.2) is 36.2 Å². The van der Waals surface area contributed by atoms with Crippen molar-refractivity contribution in [3.8, 4) is 17.1 Å². The number of carbonyl (C=O) groups excluding carboxylic acids is 1. The summed E-state index contributed by atoms with van der Waals surface area (Å²) in [5.41, 5.74) is 2.93. The summed E-state index contributed by atoms with van der Waals surface area (Å²) >= 11 is 0. The van der Waals surface area contributed by atoms with Gasteiger partial charge in [0, 0.05) is 24.3 Å². The van der Waals surface area contributed by atoms with Crippen molar-refractivity contribution in [1.82, 2.24) is 10.1 Å². The molecule has 1 aromatic heterocycles. The van der Waals surface area contributed by atoms with E-state index in [1.54, 1.807) is 7.11 Å². The minimum absolute atomic E-state index is 0.0267. The predicted octanol–water partition coefficient (Wildman–Crippen LogP) is 4.16. The Morgan fingerprint density at radius 1 is 1.20 bits per heavy atom. The molecule has 2 aromatic carbocycles. The van der Waals surface area contributed by atoms with Gasteiger partial charge in [-0.1, -0.05) is 24.2 Å². The first-order valence-corrected chi connectivity index (χ1v) is 10.3. The second-order valence-electron chi connectivity index (χ2n) is 7.45. The fourth-order valence-electron chi connectivity index (χ4n) is 3.63. The molecule has 7 nitrogen and oxygen atoms in total. The van der Waals surface area contributed by atoms with Crippen molar-refractivity contribution in [2.45, 2.75) is 26.2 Å². The van der Waals surface area contributed by atoms with Gasteiger partial charge in [0.1, 0.15) is 5.75 Å². The third-order valence-corrected chi connectivity index (χ3v) is 5.46. The average Bonchev–Trinajstić information content (AvgIpc) is 3.30. The summed E-state index contributed by atoms with van der Waals surface area (Å²) in [7, 11) is 1.63. The maximum absolute atomic E-state index is 12.8. The molecule has 1 aliphatic heterocycles. The zero-order chi connectivity index (χ0) is 20.9. The second-order valence-corrected chi connectivity index (χ2v) is 7.45. The van der Waals surface area contributed by atoms with Crippen LogP contribution in [0, 0.1) is 5.92 Å². The van der Waals surface area contributed by atoms with Crippen LogP contribution in [0.15, 0.2) is 53.1 Å². The number of methoxy groups -OCH3 is 1. The Morgan fingerprint density at radius 2 is 1.97 bits per heavy atom. The highest BCUT2D eigenvalue weighted by atomic mass is 16.5. The van der Waals surface area contributed by atoms with Gasteiger partial charge in [-0.05, 0) is 61.2 Å². The van der Waals surface area contributed by atoms with Gasteiger partial charge in [-0.3, -0.25) is 4.79 Å². The molecule has 0 saturated carbocycles. The van der Waals surface area contributed by atoms with Gasteiger partial charge in [0.25, 0.3) is 0 Å². The van der Waals surface area contributed by atoms with E-state index in [9.17, 15) is 4.79 Å². The number of piperidine rings is 1. The summed E-state index contributed by atoms with van der Waals surface area (Å²) in [4.78, 5) is 19.3. The molecule has 1 N–H and O–H groups in total. The number of amides is 1. The minimum Gasteiger partial charge on any atom is -0.497 e. The number of nitrogens with zero attached hydrogens (tertiary/aromatic N) is 3. The molecule has 3 aromatic rings. The second kappa shape index (κ2) is 8.98. The first kappa shape index (κ1) is 19.9. The summed E-state index contributed by atoms with van der Waals surface area (Å²) in [5, 5.41) is 7.13. The molecule has 156 valence electrons. The van der Waals surface area contributed by atoms with Crippen molar-refractivity contribution in [2.24, 2.45) is 5.92 Å². The monoisotopic (exact) mass is 406 g/mol. The Balaban J connectivity index is 1.40. The van der Waals surface area contributed by atoms with Crippen LogP contribution in [0.1, 0.15) is 25.3 Å². The lowest BCUT2D eigenvalue weighted by atomic mass is 9.97. The highest BCUT2D eigenvalue weighted by Crippen LogP contribution is 2.26. The van der Waals surface area contributed by atoms with E-state index in [-0.39, 0.29) is 11.8 Å². The van der Waals surface area contributed by atoms with E-state index in [0.29, 0.717) is 18.4 Å². The Morgan fingerprint density at radius 3 is 2.67 bits per heavy atom. The predicted molar refractivity (Wildman–Crippen MR) is 116 cm³/mol. The fraction of sp³-hybridized carbons (Fsp3) is 0.348. The van der Waals surface area contributed by atoms with Gasteiger partial charge in [-0.25, -0.2) is 0 Å². The molecule has 4 rings (SSSR count).